The summed E-state index contributed by atoms with van der Waals surface area (Å²) in [7, 11) is 7.25. The fraction of sp³-hybridized carbons (Fsp3) is 0.571. The Bertz CT molecular complexity index is 626. The van der Waals surface area contributed by atoms with Gasteiger partial charge in [0.15, 0.2) is 17.5 Å². The highest BCUT2D eigenvalue weighted by Crippen LogP contribution is 2.27. The van der Waals surface area contributed by atoms with Gasteiger partial charge in [-0.1, -0.05) is 17.7 Å². The van der Waals surface area contributed by atoms with E-state index in [1.165, 1.54) is 31.2 Å². The van der Waals surface area contributed by atoms with Crippen molar-refractivity contribution in [2.75, 3.05) is 41.4 Å². The van der Waals surface area contributed by atoms with Crippen molar-refractivity contribution in [1.82, 2.24) is 10.2 Å². The fourth-order valence-electron chi connectivity index (χ4n) is 3.29. The zero-order valence-corrected chi connectivity index (χ0v) is 16.7. The molecular formula is C21H33N3O2. The first kappa shape index (κ1) is 20.1. The van der Waals surface area contributed by atoms with E-state index in [0.717, 1.165) is 43.4 Å². The number of methoxy groups -OCH3 is 2. The molecule has 0 saturated heterocycles. The summed E-state index contributed by atoms with van der Waals surface area (Å²) in [4.78, 5) is 6.58. The van der Waals surface area contributed by atoms with E-state index in [9.17, 15) is 0 Å². The summed E-state index contributed by atoms with van der Waals surface area (Å²) in [6.45, 7) is 1.83. The predicted molar refractivity (Wildman–Crippen MR) is 108 cm³/mol. The number of rotatable bonds is 8. The molecule has 1 aliphatic carbocycles. The normalized spacial score (nSPS) is 14.6. The molecule has 5 nitrogen and oxygen atoms in total. The van der Waals surface area contributed by atoms with E-state index < -0.39 is 0 Å². The molecule has 1 N–H and O–H groups in total. The van der Waals surface area contributed by atoms with Crippen LogP contribution in [0.5, 0.6) is 11.5 Å². The number of allylic oxidation sites excluding steroid dienone is 1. The minimum atomic E-state index is 0.763. The molecule has 144 valence electrons. The van der Waals surface area contributed by atoms with E-state index in [1.807, 2.05) is 19.2 Å². The van der Waals surface area contributed by atoms with E-state index in [-0.39, 0.29) is 0 Å². The molecule has 1 aliphatic rings. The zero-order valence-electron chi connectivity index (χ0n) is 16.7. The van der Waals surface area contributed by atoms with Crippen LogP contribution >= 0.6 is 0 Å². The zero-order chi connectivity index (χ0) is 18.8. The number of ether oxygens (including phenoxy) is 2. The maximum absolute atomic E-state index is 5.38. The molecule has 0 heterocycles. The van der Waals surface area contributed by atoms with Gasteiger partial charge < -0.3 is 19.7 Å². The number of nitrogens with zero attached hydrogens (tertiary/aromatic N) is 2. The van der Waals surface area contributed by atoms with Gasteiger partial charge in [-0.15, -0.1) is 0 Å². The molecule has 2 rings (SSSR count). The third-order valence-electron chi connectivity index (χ3n) is 4.87. The van der Waals surface area contributed by atoms with Gasteiger partial charge in [-0.25, -0.2) is 0 Å². The second kappa shape index (κ2) is 10.7. The number of hydrogen-bond donors (Lipinski definition) is 1. The van der Waals surface area contributed by atoms with Crippen LogP contribution in [0.4, 0.5) is 0 Å². The highest BCUT2D eigenvalue weighted by Gasteiger charge is 2.09. The molecule has 5 heteroatoms. The second-order valence-electron chi connectivity index (χ2n) is 6.69. The van der Waals surface area contributed by atoms with Gasteiger partial charge in [-0.3, -0.25) is 4.99 Å². The molecular weight excluding hydrogens is 326 g/mol. The molecule has 0 aliphatic heterocycles. The van der Waals surface area contributed by atoms with Crippen molar-refractivity contribution in [2.24, 2.45) is 4.99 Å². The van der Waals surface area contributed by atoms with E-state index >= 15 is 0 Å². The molecule has 0 amide bonds. The van der Waals surface area contributed by atoms with Crippen molar-refractivity contribution in [2.45, 2.75) is 38.5 Å². The topological polar surface area (TPSA) is 46.1 Å². The summed E-state index contributed by atoms with van der Waals surface area (Å²) in [6, 6.07) is 6.08. The van der Waals surface area contributed by atoms with Crippen molar-refractivity contribution in [1.29, 1.82) is 0 Å². The van der Waals surface area contributed by atoms with Gasteiger partial charge in [0.1, 0.15) is 0 Å². The summed E-state index contributed by atoms with van der Waals surface area (Å²) >= 11 is 0. The van der Waals surface area contributed by atoms with Gasteiger partial charge in [0.2, 0.25) is 0 Å². The Labute approximate surface area is 158 Å². The maximum Gasteiger partial charge on any atom is 0.193 e. The van der Waals surface area contributed by atoms with Gasteiger partial charge >= 0.3 is 0 Å². The van der Waals surface area contributed by atoms with Crippen LogP contribution in [0, 0.1) is 0 Å². The lowest BCUT2D eigenvalue weighted by molar-refractivity contribution is 0.354. The molecule has 1 aromatic rings. The Balaban J connectivity index is 1.81. The van der Waals surface area contributed by atoms with Gasteiger partial charge in [0, 0.05) is 27.2 Å². The highest BCUT2D eigenvalue weighted by molar-refractivity contribution is 5.79. The number of nitrogens with one attached hydrogen (secondary N) is 1. The Morgan fingerprint density at radius 2 is 1.96 bits per heavy atom. The van der Waals surface area contributed by atoms with Crippen molar-refractivity contribution in [3.63, 3.8) is 0 Å². The van der Waals surface area contributed by atoms with E-state index in [1.54, 1.807) is 19.8 Å². The molecule has 0 aromatic heterocycles. The van der Waals surface area contributed by atoms with Gasteiger partial charge in [-0.05, 0) is 56.2 Å². The Hall–Kier alpha value is -2.17. The summed E-state index contributed by atoms with van der Waals surface area (Å²) in [5, 5.41) is 3.48. The number of aliphatic imine (C=N–C) groups is 1. The van der Waals surface area contributed by atoms with Crippen LogP contribution in [0.2, 0.25) is 0 Å². The van der Waals surface area contributed by atoms with Crippen molar-refractivity contribution in [3.8, 4) is 11.5 Å². The lowest BCUT2D eigenvalue weighted by Gasteiger charge is -2.23. The summed E-state index contributed by atoms with van der Waals surface area (Å²) in [5.74, 6) is 2.48. The lowest BCUT2D eigenvalue weighted by atomic mass is 9.97. The molecule has 0 saturated carbocycles. The SMILES string of the molecule is CN=C(NCCC1=CCCCC1)N(C)CCc1ccc(OC)c(OC)c1. The minimum Gasteiger partial charge on any atom is -0.493 e. The van der Waals surface area contributed by atoms with E-state index in [0.29, 0.717) is 0 Å². The third-order valence-corrected chi connectivity index (χ3v) is 4.87. The first-order valence-electron chi connectivity index (χ1n) is 9.48. The molecule has 0 radical (unpaired) electrons. The van der Waals surface area contributed by atoms with Crippen LogP contribution in [-0.2, 0) is 6.42 Å². The first-order valence-corrected chi connectivity index (χ1v) is 9.48. The van der Waals surface area contributed by atoms with Gasteiger partial charge in [-0.2, -0.15) is 0 Å². The van der Waals surface area contributed by atoms with Crippen molar-refractivity contribution >= 4 is 5.96 Å². The lowest BCUT2D eigenvalue weighted by Crippen LogP contribution is -2.40. The summed E-state index contributed by atoms with van der Waals surface area (Å²) in [5.41, 5.74) is 2.81. The smallest absolute Gasteiger partial charge is 0.193 e. The summed E-state index contributed by atoms with van der Waals surface area (Å²) < 4.78 is 10.7. The molecule has 0 spiro atoms. The largest absolute Gasteiger partial charge is 0.493 e. The molecule has 0 bridgehead atoms. The molecule has 26 heavy (non-hydrogen) atoms. The number of hydrogen-bond acceptors (Lipinski definition) is 3. The molecule has 0 unspecified atom stereocenters. The van der Waals surface area contributed by atoms with Gasteiger partial charge in [0.25, 0.3) is 0 Å². The Morgan fingerprint density at radius 1 is 1.15 bits per heavy atom. The molecule has 0 atom stereocenters. The van der Waals surface area contributed by atoms with Crippen molar-refractivity contribution in [3.05, 3.63) is 35.4 Å². The van der Waals surface area contributed by atoms with Crippen LogP contribution in [0.25, 0.3) is 0 Å². The monoisotopic (exact) mass is 359 g/mol. The van der Waals surface area contributed by atoms with Crippen LogP contribution < -0.4 is 14.8 Å². The standard InChI is InChI=1S/C21H33N3O2/c1-22-21(23-14-12-17-8-6-5-7-9-17)24(2)15-13-18-10-11-19(25-3)20(16-18)26-4/h8,10-11,16H,5-7,9,12-15H2,1-4H3,(H,22,23). The quantitative estimate of drug-likeness (QED) is 0.437. The van der Waals surface area contributed by atoms with E-state index in [2.05, 4.69) is 34.4 Å². The van der Waals surface area contributed by atoms with Gasteiger partial charge in [0.05, 0.1) is 14.2 Å². The van der Waals surface area contributed by atoms with Crippen LogP contribution in [-0.4, -0.2) is 52.3 Å². The average Bonchev–Trinajstić information content (AvgIpc) is 2.70. The van der Waals surface area contributed by atoms with Crippen molar-refractivity contribution < 1.29 is 9.47 Å². The van der Waals surface area contributed by atoms with Crippen LogP contribution in [0.15, 0.2) is 34.8 Å². The fourth-order valence-corrected chi connectivity index (χ4v) is 3.29. The Morgan fingerprint density at radius 3 is 2.62 bits per heavy atom. The number of likely N-dealkylation sites (N-methyl/N-ethyl adjacent to an activating group) is 1. The summed E-state index contributed by atoms with van der Waals surface area (Å²) in [6.07, 6.45) is 9.63. The average molecular weight is 360 g/mol. The second-order valence-corrected chi connectivity index (χ2v) is 6.69. The minimum absolute atomic E-state index is 0.763. The molecule has 1 aromatic carbocycles. The predicted octanol–water partition coefficient (Wildman–Crippen LogP) is 3.64. The third kappa shape index (κ3) is 5.97. The van der Waals surface area contributed by atoms with E-state index in [4.69, 9.17) is 9.47 Å². The van der Waals surface area contributed by atoms with Crippen LogP contribution in [0.1, 0.15) is 37.7 Å². The Kier molecular flexibility index (Phi) is 8.32. The molecule has 0 fully saturated rings. The highest BCUT2D eigenvalue weighted by atomic mass is 16.5. The number of benzene rings is 1. The maximum atomic E-state index is 5.38. The first-order chi connectivity index (χ1) is 12.7. The number of guanidine groups is 1. The van der Waals surface area contributed by atoms with Crippen LogP contribution in [0.3, 0.4) is 0 Å².